The van der Waals surface area contributed by atoms with Gasteiger partial charge in [-0.2, -0.15) is 0 Å². The number of carbonyl (C=O) groups is 2. The molecule has 23 heavy (non-hydrogen) atoms. The molecule has 0 radical (unpaired) electrons. The number of piperidine rings is 1. The largest absolute Gasteiger partial charge is 0.376 e. The van der Waals surface area contributed by atoms with Gasteiger partial charge in [-0.1, -0.05) is 6.07 Å². The van der Waals surface area contributed by atoms with Gasteiger partial charge in [-0.25, -0.2) is 4.98 Å². The second kappa shape index (κ2) is 7.55. The SMILES string of the molecule is O=C(NCC1CCCO1)c1cccc(C(=O)N2CCCCC2)n1. The number of hydrogen-bond donors (Lipinski definition) is 1. The van der Waals surface area contributed by atoms with Crippen molar-refractivity contribution in [3.8, 4) is 0 Å². The van der Waals surface area contributed by atoms with Crippen molar-refractivity contribution in [2.75, 3.05) is 26.2 Å². The minimum atomic E-state index is -0.256. The van der Waals surface area contributed by atoms with Gasteiger partial charge in [-0.05, 0) is 44.2 Å². The highest BCUT2D eigenvalue weighted by Crippen LogP contribution is 2.13. The molecule has 2 aliphatic heterocycles. The maximum absolute atomic E-state index is 12.5. The molecule has 0 aromatic carbocycles. The van der Waals surface area contributed by atoms with E-state index in [-0.39, 0.29) is 23.6 Å². The molecule has 3 rings (SSSR count). The second-order valence-corrected chi connectivity index (χ2v) is 6.11. The molecule has 0 saturated carbocycles. The first-order chi connectivity index (χ1) is 11.2. The normalized spacial score (nSPS) is 21.2. The molecular formula is C17H23N3O3. The Bertz CT molecular complexity index is 564. The number of aromatic nitrogens is 1. The highest BCUT2D eigenvalue weighted by atomic mass is 16.5. The Labute approximate surface area is 136 Å². The monoisotopic (exact) mass is 317 g/mol. The van der Waals surface area contributed by atoms with E-state index in [1.54, 1.807) is 18.2 Å². The van der Waals surface area contributed by atoms with Crippen LogP contribution in [-0.2, 0) is 4.74 Å². The zero-order valence-electron chi connectivity index (χ0n) is 13.3. The lowest BCUT2D eigenvalue weighted by atomic mass is 10.1. The van der Waals surface area contributed by atoms with Crippen molar-refractivity contribution in [1.82, 2.24) is 15.2 Å². The summed E-state index contributed by atoms with van der Waals surface area (Å²) in [6.07, 6.45) is 5.35. The second-order valence-electron chi connectivity index (χ2n) is 6.11. The Balaban J connectivity index is 1.61. The zero-order valence-corrected chi connectivity index (χ0v) is 13.3. The van der Waals surface area contributed by atoms with E-state index < -0.39 is 0 Å². The summed E-state index contributed by atoms with van der Waals surface area (Å²) in [7, 11) is 0. The molecule has 6 heteroatoms. The van der Waals surface area contributed by atoms with Crippen LogP contribution in [-0.4, -0.2) is 54.0 Å². The van der Waals surface area contributed by atoms with Crippen LogP contribution < -0.4 is 5.32 Å². The molecule has 3 heterocycles. The minimum absolute atomic E-state index is 0.0847. The fraction of sp³-hybridized carbons (Fsp3) is 0.588. The van der Waals surface area contributed by atoms with Gasteiger partial charge in [0.25, 0.3) is 11.8 Å². The summed E-state index contributed by atoms with van der Waals surface area (Å²) >= 11 is 0. The lowest BCUT2D eigenvalue weighted by Crippen LogP contribution is -2.36. The summed E-state index contributed by atoms with van der Waals surface area (Å²) in [5.41, 5.74) is 0.627. The summed E-state index contributed by atoms with van der Waals surface area (Å²) in [5.74, 6) is -0.340. The molecule has 124 valence electrons. The van der Waals surface area contributed by atoms with Crippen LogP contribution in [0.25, 0.3) is 0 Å². The van der Waals surface area contributed by atoms with Gasteiger partial charge in [0.1, 0.15) is 11.4 Å². The van der Waals surface area contributed by atoms with Gasteiger partial charge in [-0.15, -0.1) is 0 Å². The van der Waals surface area contributed by atoms with Crippen molar-refractivity contribution < 1.29 is 14.3 Å². The number of pyridine rings is 1. The van der Waals surface area contributed by atoms with Gasteiger partial charge in [0, 0.05) is 26.2 Å². The maximum Gasteiger partial charge on any atom is 0.272 e. The topological polar surface area (TPSA) is 71.5 Å². The summed E-state index contributed by atoms with van der Waals surface area (Å²) in [6.45, 7) is 2.80. The number of hydrogen-bond acceptors (Lipinski definition) is 4. The molecule has 6 nitrogen and oxygen atoms in total. The predicted octanol–water partition coefficient (Wildman–Crippen LogP) is 1.62. The van der Waals surface area contributed by atoms with Crippen LogP contribution in [0.5, 0.6) is 0 Å². The fourth-order valence-corrected chi connectivity index (χ4v) is 3.04. The first-order valence-electron chi connectivity index (χ1n) is 8.40. The van der Waals surface area contributed by atoms with E-state index in [2.05, 4.69) is 10.3 Å². The number of carbonyl (C=O) groups excluding carboxylic acids is 2. The summed E-state index contributed by atoms with van der Waals surface area (Å²) in [4.78, 5) is 30.7. The van der Waals surface area contributed by atoms with Crippen LogP contribution in [0.3, 0.4) is 0 Å². The first-order valence-corrected chi connectivity index (χ1v) is 8.40. The van der Waals surface area contributed by atoms with E-state index in [1.807, 2.05) is 4.90 Å². The highest BCUT2D eigenvalue weighted by Gasteiger charge is 2.21. The predicted molar refractivity (Wildman–Crippen MR) is 85.3 cm³/mol. The third-order valence-corrected chi connectivity index (χ3v) is 4.36. The Hall–Kier alpha value is -1.95. The average molecular weight is 317 g/mol. The van der Waals surface area contributed by atoms with Crippen LogP contribution in [0.2, 0.25) is 0 Å². The smallest absolute Gasteiger partial charge is 0.272 e. The molecule has 1 N–H and O–H groups in total. The zero-order chi connectivity index (χ0) is 16.1. The Morgan fingerprint density at radius 3 is 2.70 bits per heavy atom. The molecule has 0 spiro atoms. The third kappa shape index (κ3) is 4.07. The molecule has 2 fully saturated rings. The molecular weight excluding hydrogens is 294 g/mol. The van der Waals surface area contributed by atoms with E-state index in [0.717, 1.165) is 45.4 Å². The number of amides is 2. The van der Waals surface area contributed by atoms with Crippen molar-refractivity contribution in [2.24, 2.45) is 0 Å². The van der Waals surface area contributed by atoms with E-state index in [4.69, 9.17) is 4.74 Å². The van der Waals surface area contributed by atoms with Crippen LogP contribution >= 0.6 is 0 Å². The van der Waals surface area contributed by atoms with E-state index in [1.165, 1.54) is 6.42 Å². The molecule has 1 aromatic heterocycles. The standard InChI is InChI=1S/C17H23N3O3/c21-16(18-12-13-6-5-11-23-13)14-7-4-8-15(19-14)17(22)20-9-2-1-3-10-20/h4,7-8,13H,1-3,5-6,9-12H2,(H,18,21). The van der Waals surface area contributed by atoms with Crippen LogP contribution in [0.1, 0.15) is 53.1 Å². The number of rotatable bonds is 4. The molecule has 0 aliphatic carbocycles. The van der Waals surface area contributed by atoms with E-state index in [0.29, 0.717) is 12.2 Å². The Morgan fingerprint density at radius 2 is 1.96 bits per heavy atom. The third-order valence-electron chi connectivity index (χ3n) is 4.36. The molecule has 2 saturated heterocycles. The summed E-state index contributed by atoms with van der Waals surface area (Å²) in [6, 6.07) is 5.02. The van der Waals surface area contributed by atoms with Crippen molar-refractivity contribution in [2.45, 2.75) is 38.2 Å². The van der Waals surface area contributed by atoms with Gasteiger partial charge >= 0.3 is 0 Å². The Kier molecular flexibility index (Phi) is 5.23. The molecule has 1 atom stereocenters. The number of nitrogens with zero attached hydrogens (tertiary/aromatic N) is 2. The summed E-state index contributed by atoms with van der Waals surface area (Å²) in [5, 5.41) is 2.84. The van der Waals surface area contributed by atoms with Gasteiger partial charge in [0.05, 0.1) is 6.10 Å². The number of nitrogens with one attached hydrogen (secondary N) is 1. The average Bonchev–Trinajstić information content (AvgIpc) is 3.13. The van der Waals surface area contributed by atoms with Crippen molar-refractivity contribution >= 4 is 11.8 Å². The first kappa shape index (κ1) is 15.9. The number of ether oxygens (including phenoxy) is 1. The molecule has 0 bridgehead atoms. The fourth-order valence-electron chi connectivity index (χ4n) is 3.04. The van der Waals surface area contributed by atoms with Crippen molar-refractivity contribution in [3.05, 3.63) is 29.6 Å². The molecule has 1 aromatic rings. The van der Waals surface area contributed by atoms with Crippen molar-refractivity contribution in [1.29, 1.82) is 0 Å². The Morgan fingerprint density at radius 1 is 1.17 bits per heavy atom. The lowest BCUT2D eigenvalue weighted by Gasteiger charge is -2.26. The van der Waals surface area contributed by atoms with Crippen molar-refractivity contribution in [3.63, 3.8) is 0 Å². The minimum Gasteiger partial charge on any atom is -0.376 e. The maximum atomic E-state index is 12.5. The highest BCUT2D eigenvalue weighted by molar-refractivity contribution is 5.96. The van der Waals surface area contributed by atoms with E-state index >= 15 is 0 Å². The van der Waals surface area contributed by atoms with Crippen LogP contribution in [0, 0.1) is 0 Å². The number of likely N-dealkylation sites (tertiary alicyclic amines) is 1. The molecule has 2 aliphatic rings. The lowest BCUT2D eigenvalue weighted by molar-refractivity contribution is 0.0718. The molecule has 1 unspecified atom stereocenters. The van der Waals surface area contributed by atoms with Gasteiger partial charge < -0.3 is 15.0 Å². The summed E-state index contributed by atoms with van der Waals surface area (Å²) < 4.78 is 5.48. The van der Waals surface area contributed by atoms with Gasteiger partial charge in [0.15, 0.2) is 0 Å². The quantitative estimate of drug-likeness (QED) is 0.916. The van der Waals surface area contributed by atoms with Crippen LogP contribution in [0.15, 0.2) is 18.2 Å². The van der Waals surface area contributed by atoms with Crippen LogP contribution in [0.4, 0.5) is 0 Å². The van der Waals surface area contributed by atoms with Gasteiger partial charge in [0.2, 0.25) is 0 Å². The molecule has 2 amide bonds. The van der Waals surface area contributed by atoms with E-state index in [9.17, 15) is 9.59 Å². The van der Waals surface area contributed by atoms with Gasteiger partial charge in [-0.3, -0.25) is 9.59 Å².